The first kappa shape index (κ1) is 14.7. The highest BCUT2D eigenvalue weighted by molar-refractivity contribution is 7.98. The molecule has 0 spiro atoms. The Morgan fingerprint density at radius 1 is 1.36 bits per heavy atom. The smallest absolute Gasteiger partial charge is 0.258 e. The lowest BCUT2D eigenvalue weighted by atomic mass is 10.2. The maximum absolute atomic E-state index is 10.7. The number of tetrazole rings is 1. The first-order valence-corrected chi connectivity index (χ1v) is 8.20. The van der Waals surface area contributed by atoms with Gasteiger partial charge in [-0.15, -0.1) is 5.10 Å². The van der Waals surface area contributed by atoms with Crippen molar-refractivity contribution >= 4 is 28.1 Å². The van der Waals surface area contributed by atoms with Crippen molar-refractivity contribution in [1.82, 2.24) is 20.2 Å². The van der Waals surface area contributed by atoms with Gasteiger partial charge in [-0.3, -0.25) is 10.1 Å². The Morgan fingerprint density at radius 3 is 2.82 bits per heavy atom. The van der Waals surface area contributed by atoms with E-state index in [1.807, 2.05) is 31.2 Å². The van der Waals surface area contributed by atoms with Crippen molar-refractivity contribution in [1.29, 1.82) is 0 Å². The van der Waals surface area contributed by atoms with Gasteiger partial charge in [0.1, 0.15) is 0 Å². The van der Waals surface area contributed by atoms with Crippen molar-refractivity contribution in [2.75, 3.05) is 0 Å². The standard InChI is InChI=1S/C13H11N5O2S2/c1-9-2-4-11(5-3-9)17-13(14-15-16-17)22-8-10-6-12(18(19)20)21-7-10/h2-7H,8H2,1H3. The average molecular weight is 333 g/mol. The van der Waals surface area contributed by atoms with Gasteiger partial charge >= 0.3 is 5.00 Å². The van der Waals surface area contributed by atoms with E-state index in [-0.39, 0.29) is 9.92 Å². The summed E-state index contributed by atoms with van der Waals surface area (Å²) < 4.78 is 1.66. The van der Waals surface area contributed by atoms with Crippen LogP contribution in [0.4, 0.5) is 5.00 Å². The Morgan fingerprint density at radius 2 is 2.14 bits per heavy atom. The van der Waals surface area contributed by atoms with Crippen molar-refractivity contribution in [3.05, 3.63) is 57.0 Å². The van der Waals surface area contributed by atoms with Gasteiger partial charge in [0.05, 0.1) is 10.6 Å². The van der Waals surface area contributed by atoms with Crippen LogP contribution in [0.25, 0.3) is 5.69 Å². The van der Waals surface area contributed by atoms with E-state index < -0.39 is 0 Å². The Kier molecular flexibility index (Phi) is 4.16. The van der Waals surface area contributed by atoms with Crippen LogP contribution in [0.5, 0.6) is 0 Å². The zero-order valence-electron chi connectivity index (χ0n) is 11.5. The molecule has 0 aliphatic carbocycles. The molecule has 2 aromatic heterocycles. The largest absolute Gasteiger partial charge is 0.324 e. The van der Waals surface area contributed by atoms with Crippen LogP contribution in [0.15, 0.2) is 40.9 Å². The van der Waals surface area contributed by atoms with Crippen molar-refractivity contribution in [2.45, 2.75) is 17.8 Å². The van der Waals surface area contributed by atoms with Crippen LogP contribution in [0.2, 0.25) is 0 Å². The molecule has 0 amide bonds. The van der Waals surface area contributed by atoms with E-state index in [9.17, 15) is 10.1 Å². The molecule has 0 radical (unpaired) electrons. The molecule has 112 valence electrons. The Labute approximate surface area is 134 Å². The summed E-state index contributed by atoms with van der Waals surface area (Å²) in [5, 5.41) is 25.0. The molecule has 0 N–H and O–H groups in total. The number of nitro groups is 1. The molecule has 0 bridgehead atoms. The van der Waals surface area contributed by atoms with Gasteiger partial charge in [-0.1, -0.05) is 40.8 Å². The van der Waals surface area contributed by atoms with E-state index in [2.05, 4.69) is 15.5 Å². The molecule has 0 aliphatic heterocycles. The van der Waals surface area contributed by atoms with Gasteiger partial charge in [0.25, 0.3) is 0 Å². The summed E-state index contributed by atoms with van der Waals surface area (Å²) in [5.74, 6) is 0.580. The highest BCUT2D eigenvalue weighted by Gasteiger charge is 2.13. The monoisotopic (exact) mass is 333 g/mol. The molecular weight excluding hydrogens is 322 g/mol. The SMILES string of the molecule is Cc1ccc(-n2nnnc2SCc2csc([N+](=O)[O-])c2)cc1. The van der Waals surface area contributed by atoms with Crippen molar-refractivity contribution in [2.24, 2.45) is 0 Å². The maximum atomic E-state index is 10.7. The normalized spacial score (nSPS) is 10.8. The fraction of sp³-hybridized carbons (Fsp3) is 0.154. The molecule has 22 heavy (non-hydrogen) atoms. The molecule has 7 nitrogen and oxygen atoms in total. The lowest BCUT2D eigenvalue weighted by molar-refractivity contribution is -0.380. The minimum absolute atomic E-state index is 0.147. The summed E-state index contributed by atoms with van der Waals surface area (Å²) in [6, 6.07) is 9.47. The molecule has 0 aliphatic rings. The molecule has 0 unspecified atom stereocenters. The van der Waals surface area contributed by atoms with E-state index in [1.165, 1.54) is 11.8 Å². The summed E-state index contributed by atoms with van der Waals surface area (Å²) in [6.45, 7) is 2.02. The molecule has 0 atom stereocenters. The van der Waals surface area contributed by atoms with Crippen molar-refractivity contribution < 1.29 is 4.92 Å². The Bertz CT molecular complexity index is 797. The minimum Gasteiger partial charge on any atom is -0.258 e. The Balaban J connectivity index is 1.74. The van der Waals surface area contributed by atoms with Crippen molar-refractivity contribution in [3.8, 4) is 5.69 Å². The minimum atomic E-state index is -0.380. The number of hydrogen-bond donors (Lipinski definition) is 0. The van der Waals surface area contributed by atoms with Gasteiger partial charge in [-0.25, -0.2) is 0 Å². The van der Waals surface area contributed by atoms with Crippen LogP contribution in [-0.4, -0.2) is 25.1 Å². The van der Waals surface area contributed by atoms with Crippen molar-refractivity contribution in [3.63, 3.8) is 0 Å². The molecule has 3 aromatic rings. The molecule has 0 saturated heterocycles. The molecule has 0 fully saturated rings. The van der Waals surface area contributed by atoms with Gasteiger partial charge < -0.3 is 0 Å². The van der Waals surface area contributed by atoms with Crippen LogP contribution in [0, 0.1) is 17.0 Å². The zero-order valence-corrected chi connectivity index (χ0v) is 13.2. The van der Waals surface area contributed by atoms with E-state index >= 15 is 0 Å². The highest BCUT2D eigenvalue weighted by atomic mass is 32.2. The summed E-state index contributed by atoms with van der Waals surface area (Å²) in [4.78, 5) is 10.3. The third-order valence-electron chi connectivity index (χ3n) is 2.91. The highest BCUT2D eigenvalue weighted by Crippen LogP contribution is 2.28. The summed E-state index contributed by atoms with van der Waals surface area (Å²) in [6.07, 6.45) is 0. The number of thioether (sulfide) groups is 1. The number of nitrogens with zero attached hydrogens (tertiary/aromatic N) is 5. The predicted octanol–water partition coefficient (Wildman–Crippen LogP) is 3.23. The lowest BCUT2D eigenvalue weighted by Gasteiger charge is -2.03. The van der Waals surface area contributed by atoms with Gasteiger partial charge in [-0.2, -0.15) is 4.68 Å². The van der Waals surface area contributed by atoms with E-state index in [0.29, 0.717) is 10.9 Å². The van der Waals surface area contributed by atoms with Crippen LogP contribution >= 0.6 is 23.1 Å². The molecule has 1 aromatic carbocycles. The number of hydrogen-bond acceptors (Lipinski definition) is 7. The molecule has 0 saturated carbocycles. The number of aryl methyl sites for hydroxylation is 1. The molecular formula is C13H11N5O2S2. The van der Waals surface area contributed by atoms with Crippen LogP contribution in [0.1, 0.15) is 11.1 Å². The maximum Gasteiger partial charge on any atom is 0.324 e. The molecule has 2 heterocycles. The number of aromatic nitrogens is 4. The van der Waals surface area contributed by atoms with Gasteiger partial charge in [0, 0.05) is 17.2 Å². The Hall–Kier alpha value is -2.26. The first-order chi connectivity index (χ1) is 10.6. The lowest BCUT2D eigenvalue weighted by Crippen LogP contribution is -1.98. The topological polar surface area (TPSA) is 86.7 Å². The summed E-state index contributed by atoms with van der Waals surface area (Å²) >= 11 is 2.57. The number of rotatable bonds is 5. The van der Waals surface area contributed by atoms with Crippen LogP contribution in [0.3, 0.4) is 0 Å². The van der Waals surface area contributed by atoms with E-state index in [1.54, 1.807) is 16.1 Å². The number of thiophene rings is 1. The van der Waals surface area contributed by atoms with Gasteiger partial charge in [0.2, 0.25) is 5.16 Å². The second-order valence-corrected chi connectivity index (χ2v) is 6.38. The average Bonchev–Trinajstić information content (AvgIpc) is 3.15. The fourth-order valence-electron chi connectivity index (χ4n) is 1.80. The third kappa shape index (κ3) is 3.15. The summed E-state index contributed by atoms with van der Waals surface area (Å²) in [7, 11) is 0. The number of benzene rings is 1. The second-order valence-electron chi connectivity index (χ2n) is 4.55. The van der Waals surface area contributed by atoms with Crippen LogP contribution < -0.4 is 0 Å². The van der Waals surface area contributed by atoms with Gasteiger partial charge in [-0.05, 0) is 35.0 Å². The molecule has 3 rings (SSSR count). The third-order valence-corrected chi connectivity index (χ3v) is 4.83. The zero-order chi connectivity index (χ0) is 15.5. The first-order valence-electron chi connectivity index (χ1n) is 6.33. The van der Waals surface area contributed by atoms with Crippen LogP contribution in [-0.2, 0) is 5.75 Å². The van der Waals surface area contributed by atoms with E-state index in [0.717, 1.165) is 28.2 Å². The predicted molar refractivity (Wildman–Crippen MR) is 84.4 cm³/mol. The quantitative estimate of drug-likeness (QED) is 0.405. The second kappa shape index (κ2) is 6.24. The van der Waals surface area contributed by atoms with E-state index in [4.69, 9.17) is 0 Å². The molecule has 9 heteroatoms. The fourth-order valence-corrected chi connectivity index (χ4v) is 3.45. The summed E-state index contributed by atoms with van der Waals surface area (Å²) in [5.41, 5.74) is 2.94. The van der Waals surface area contributed by atoms with Gasteiger partial charge in [0.15, 0.2) is 0 Å².